The molecule has 1 aliphatic rings. The van der Waals surface area contributed by atoms with Crippen LogP contribution >= 0.6 is 11.6 Å². The lowest BCUT2D eigenvalue weighted by Crippen LogP contribution is -2.50. The van der Waals surface area contributed by atoms with Crippen LogP contribution in [0.15, 0.2) is 89.8 Å². The summed E-state index contributed by atoms with van der Waals surface area (Å²) in [6.07, 6.45) is -0.735. The summed E-state index contributed by atoms with van der Waals surface area (Å²) in [7, 11) is -2.45. The van der Waals surface area contributed by atoms with Crippen LogP contribution in [0.25, 0.3) is 10.8 Å². The normalized spacial score (nSPS) is 17.6. The van der Waals surface area contributed by atoms with Gasteiger partial charge in [-0.2, -0.15) is 4.31 Å². The van der Waals surface area contributed by atoms with Crippen molar-refractivity contribution < 1.29 is 27.9 Å². The van der Waals surface area contributed by atoms with E-state index in [1.165, 1.54) is 35.6 Å². The van der Waals surface area contributed by atoms with Crippen molar-refractivity contribution in [2.75, 3.05) is 37.4 Å². The Kier molecular flexibility index (Phi) is 9.64. The van der Waals surface area contributed by atoms with Gasteiger partial charge in [-0.05, 0) is 54.8 Å². The maximum absolute atomic E-state index is 13.8. The number of benzene rings is 4. The number of ether oxygens (including phenoxy) is 1. The lowest BCUT2D eigenvalue weighted by molar-refractivity contribution is 0.0389. The lowest BCUT2D eigenvalue weighted by atomic mass is 9.99. The van der Waals surface area contributed by atoms with E-state index < -0.39 is 28.2 Å². The highest BCUT2D eigenvalue weighted by Crippen LogP contribution is 2.35. The first-order chi connectivity index (χ1) is 21.5. The first kappa shape index (κ1) is 32.2. The Balaban J connectivity index is 1.48. The minimum Gasteiger partial charge on any atom is -0.486 e. The number of hydrogen-bond acceptors (Lipinski definition) is 6. The van der Waals surface area contributed by atoms with Gasteiger partial charge in [0, 0.05) is 29.9 Å². The molecule has 0 unspecified atom stereocenters. The van der Waals surface area contributed by atoms with Gasteiger partial charge in [0.25, 0.3) is 5.91 Å². The molecule has 1 aliphatic heterocycles. The van der Waals surface area contributed by atoms with Gasteiger partial charge < -0.3 is 25.4 Å². The zero-order valence-corrected chi connectivity index (χ0v) is 26.7. The van der Waals surface area contributed by atoms with Gasteiger partial charge in [0.2, 0.25) is 10.0 Å². The molecule has 45 heavy (non-hydrogen) atoms. The Morgan fingerprint density at radius 3 is 2.40 bits per heavy atom. The van der Waals surface area contributed by atoms with Crippen molar-refractivity contribution in [3.05, 3.63) is 95.5 Å². The van der Waals surface area contributed by atoms with E-state index in [0.29, 0.717) is 10.7 Å². The third-order valence-electron chi connectivity index (χ3n) is 7.94. The Bertz CT molecular complexity index is 1810. The monoisotopic (exact) mass is 650 g/mol. The van der Waals surface area contributed by atoms with Gasteiger partial charge in [-0.1, -0.05) is 61.0 Å². The molecule has 0 fully saturated rings. The summed E-state index contributed by atoms with van der Waals surface area (Å²) in [5.74, 6) is -0.631. The van der Waals surface area contributed by atoms with Crippen LogP contribution < -0.4 is 15.4 Å². The number of aliphatic hydroxyl groups is 1. The smallest absolute Gasteiger partial charge is 0.323 e. The van der Waals surface area contributed by atoms with Crippen LogP contribution in [0.2, 0.25) is 5.02 Å². The second kappa shape index (κ2) is 13.5. The number of sulfonamides is 1. The van der Waals surface area contributed by atoms with Crippen molar-refractivity contribution in [2.45, 2.75) is 30.9 Å². The fourth-order valence-corrected chi connectivity index (χ4v) is 6.62. The minimum atomic E-state index is -3.91. The molecule has 0 aromatic heterocycles. The van der Waals surface area contributed by atoms with Crippen LogP contribution in [0, 0.1) is 5.92 Å². The summed E-state index contributed by atoms with van der Waals surface area (Å²) in [5, 5.41) is 17.9. The summed E-state index contributed by atoms with van der Waals surface area (Å²) in [4.78, 5) is 28.7. The van der Waals surface area contributed by atoms with E-state index in [9.17, 15) is 23.1 Å². The highest BCUT2D eigenvalue weighted by Gasteiger charge is 2.36. The van der Waals surface area contributed by atoms with Crippen LogP contribution in [0.3, 0.4) is 0 Å². The van der Waals surface area contributed by atoms with Gasteiger partial charge in [-0.3, -0.25) is 4.79 Å². The maximum atomic E-state index is 13.8. The molecule has 0 bridgehead atoms. The summed E-state index contributed by atoms with van der Waals surface area (Å²) >= 11 is 5.97. The molecule has 236 valence electrons. The average Bonchev–Trinajstić information content (AvgIpc) is 3.03. The fourth-order valence-electron chi connectivity index (χ4n) is 5.31. The molecule has 3 N–H and O–H groups in total. The van der Waals surface area contributed by atoms with Crippen molar-refractivity contribution in [3.8, 4) is 5.75 Å². The molecule has 5 rings (SSSR count). The minimum absolute atomic E-state index is 0.0579. The van der Waals surface area contributed by atoms with Crippen molar-refractivity contribution >= 4 is 55.7 Å². The first-order valence-electron chi connectivity index (χ1n) is 14.5. The number of amides is 3. The van der Waals surface area contributed by atoms with Gasteiger partial charge in [0.1, 0.15) is 6.10 Å². The molecule has 3 atom stereocenters. The topological polar surface area (TPSA) is 128 Å². The standard InChI is InChI=1S/C33H35ClN4O6S/c1-21-18-38(22(2)20-39)32(40)27-11-7-13-29(36-33(41)35-28-12-6-9-23-8-4-5-10-26(23)28)31(27)44-30(21)19-37(3)45(42,43)25-16-14-24(34)15-17-25/h4-17,21-22,30,39H,18-20H2,1-3H3,(H2,35,36,41)/t21-,22+,30-/m0/s1. The molecule has 0 saturated heterocycles. The van der Waals surface area contributed by atoms with E-state index in [4.69, 9.17) is 16.3 Å². The number of aliphatic hydroxyl groups excluding tert-OH is 1. The number of para-hydroxylation sites is 1. The molecular formula is C33H35ClN4O6S. The predicted molar refractivity (Wildman–Crippen MR) is 175 cm³/mol. The second-order valence-corrected chi connectivity index (χ2v) is 13.6. The molecule has 0 radical (unpaired) electrons. The molecule has 0 spiro atoms. The third-order valence-corrected chi connectivity index (χ3v) is 10.0. The van der Waals surface area contributed by atoms with Crippen LogP contribution in [0.4, 0.5) is 16.2 Å². The maximum Gasteiger partial charge on any atom is 0.323 e. The van der Waals surface area contributed by atoms with Crippen molar-refractivity contribution in [3.63, 3.8) is 0 Å². The zero-order valence-electron chi connectivity index (χ0n) is 25.1. The van der Waals surface area contributed by atoms with Gasteiger partial charge in [-0.15, -0.1) is 0 Å². The van der Waals surface area contributed by atoms with Gasteiger partial charge in [0.15, 0.2) is 5.75 Å². The molecular weight excluding hydrogens is 616 g/mol. The number of rotatable bonds is 8. The fraction of sp³-hybridized carbons (Fsp3) is 0.273. The number of urea groups is 1. The number of carbonyl (C=O) groups excluding carboxylic acids is 2. The molecule has 4 aromatic carbocycles. The molecule has 3 amide bonds. The molecule has 1 heterocycles. The molecule has 12 heteroatoms. The first-order valence-corrected chi connectivity index (χ1v) is 16.3. The quantitative estimate of drug-likeness (QED) is 0.225. The number of nitrogens with zero attached hydrogens (tertiary/aromatic N) is 2. The largest absolute Gasteiger partial charge is 0.486 e. The number of likely N-dealkylation sites (N-methyl/N-ethyl adjacent to an activating group) is 1. The SMILES string of the molecule is C[C@H](CO)N1C[C@H](C)[C@H](CN(C)S(=O)(=O)c2ccc(Cl)cc2)Oc2c(NC(=O)Nc3cccc4ccccc34)cccc2C1=O. The molecule has 0 saturated carbocycles. The van der Waals surface area contributed by atoms with E-state index in [1.54, 1.807) is 36.1 Å². The van der Waals surface area contributed by atoms with E-state index in [-0.39, 0.29) is 53.4 Å². The van der Waals surface area contributed by atoms with Crippen LogP contribution in [-0.2, 0) is 10.0 Å². The van der Waals surface area contributed by atoms with E-state index in [1.807, 2.05) is 43.3 Å². The number of halogens is 1. The number of fused-ring (bicyclic) bond motifs is 2. The van der Waals surface area contributed by atoms with Crippen molar-refractivity contribution in [1.82, 2.24) is 9.21 Å². The summed E-state index contributed by atoms with van der Waals surface area (Å²) in [6, 6.07) is 22.9. The zero-order chi connectivity index (χ0) is 32.3. The average molecular weight is 651 g/mol. The number of carbonyl (C=O) groups is 2. The Morgan fingerprint density at radius 1 is 1.02 bits per heavy atom. The number of anilines is 2. The highest BCUT2D eigenvalue weighted by molar-refractivity contribution is 7.89. The third kappa shape index (κ3) is 6.91. The molecule has 4 aromatic rings. The van der Waals surface area contributed by atoms with E-state index >= 15 is 0 Å². The van der Waals surface area contributed by atoms with Crippen LogP contribution in [0.5, 0.6) is 5.75 Å². The van der Waals surface area contributed by atoms with Crippen molar-refractivity contribution in [1.29, 1.82) is 0 Å². The number of hydrogen-bond donors (Lipinski definition) is 3. The van der Waals surface area contributed by atoms with E-state index in [2.05, 4.69) is 10.6 Å². The predicted octanol–water partition coefficient (Wildman–Crippen LogP) is 5.68. The van der Waals surface area contributed by atoms with Gasteiger partial charge >= 0.3 is 6.03 Å². The Morgan fingerprint density at radius 2 is 1.67 bits per heavy atom. The highest BCUT2D eigenvalue weighted by atomic mass is 35.5. The molecule has 0 aliphatic carbocycles. The van der Waals surface area contributed by atoms with Crippen LogP contribution in [0.1, 0.15) is 24.2 Å². The Hall–Kier alpha value is -4.16. The van der Waals surface area contributed by atoms with E-state index in [0.717, 1.165) is 10.8 Å². The number of nitrogens with one attached hydrogen (secondary N) is 2. The summed E-state index contributed by atoms with van der Waals surface area (Å²) < 4.78 is 34.5. The summed E-state index contributed by atoms with van der Waals surface area (Å²) in [6.45, 7) is 3.47. The molecule has 10 nitrogen and oxygen atoms in total. The Labute approximate surface area is 267 Å². The second-order valence-electron chi connectivity index (χ2n) is 11.2. The van der Waals surface area contributed by atoms with Crippen molar-refractivity contribution in [2.24, 2.45) is 5.92 Å². The van der Waals surface area contributed by atoms with Gasteiger partial charge in [-0.25, -0.2) is 13.2 Å². The van der Waals surface area contributed by atoms with Gasteiger partial charge in [0.05, 0.1) is 41.0 Å². The lowest BCUT2D eigenvalue weighted by Gasteiger charge is -2.38. The summed E-state index contributed by atoms with van der Waals surface area (Å²) in [5.41, 5.74) is 1.01. The van der Waals surface area contributed by atoms with Crippen LogP contribution in [-0.4, -0.2) is 73.6 Å².